The molecule has 1 spiro atoms. The second kappa shape index (κ2) is 6.93. The fourth-order valence-corrected chi connectivity index (χ4v) is 4.44. The van der Waals surface area contributed by atoms with Gasteiger partial charge in [0.1, 0.15) is 0 Å². The van der Waals surface area contributed by atoms with Crippen LogP contribution >= 0.6 is 0 Å². The average Bonchev–Trinajstić information content (AvgIpc) is 3.49. The number of hydrogen-bond acceptors (Lipinski definition) is 2. The molecule has 3 amide bonds. The van der Waals surface area contributed by atoms with Crippen molar-refractivity contribution < 1.29 is 9.59 Å². The Kier molecular flexibility index (Phi) is 4.63. The first-order valence-electron chi connectivity index (χ1n) is 9.92. The smallest absolute Gasteiger partial charge is 0.324 e. The molecule has 0 radical (unpaired) electrons. The molecule has 0 N–H and O–H groups in total. The highest BCUT2D eigenvalue weighted by molar-refractivity contribution is 5.91. The fourth-order valence-electron chi connectivity index (χ4n) is 4.44. The molecule has 0 aromatic heterocycles. The Hall–Kier alpha value is -2.04. The van der Waals surface area contributed by atoms with E-state index in [0.717, 1.165) is 57.0 Å². The Bertz CT molecular complexity index is 663. The SMILES string of the molecule is CN(C(=O)N1CCC2(CCC(=O)N(CC3CC3)C2)CC1)c1ccccc1. The van der Waals surface area contributed by atoms with Crippen LogP contribution in [0.15, 0.2) is 30.3 Å². The van der Waals surface area contributed by atoms with Gasteiger partial charge in [-0.1, -0.05) is 18.2 Å². The van der Waals surface area contributed by atoms with Crippen LogP contribution in [0.25, 0.3) is 0 Å². The van der Waals surface area contributed by atoms with E-state index in [4.69, 9.17) is 0 Å². The minimum atomic E-state index is 0.0766. The highest BCUT2D eigenvalue weighted by atomic mass is 16.2. The summed E-state index contributed by atoms with van der Waals surface area (Å²) in [6.45, 7) is 3.45. The number of urea groups is 1. The number of likely N-dealkylation sites (tertiary alicyclic amines) is 2. The van der Waals surface area contributed by atoms with Crippen LogP contribution in [0.4, 0.5) is 10.5 Å². The number of para-hydroxylation sites is 1. The Labute approximate surface area is 155 Å². The van der Waals surface area contributed by atoms with Crippen LogP contribution in [0.1, 0.15) is 38.5 Å². The predicted octanol–water partition coefficient (Wildman–Crippen LogP) is 3.36. The van der Waals surface area contributed by atoms with Gasteiger partial charge >= 0.3 is 6.03 Å². The van der Waals surface area contributed by atoms with Crippen LogP contribution in [-0.4, -0.2) is 55.0 Å². The lowest BCUT2D eigenvalue weighted by Gasteiger charge is -2.48. The van der Waals surface area contributed by atoms with Gasteiger partial charge in [0, 0.05) is 45.3 Å². The molecule has 0 bridgehead atoms. The summed E-state index contributed by atoms with van der Waals surface area (Å²) in [6, 6.07) is 9.88. The lowest BCUT2D eigenvalue weighted by Crippen LogP contribution is -2.54. The molecule has 2 aliphatic heterocycles. The van der Waals surface area contributed by atoms with E-state index in [1.165, 1.54) is 12.8 Å². The maximum absolute atomic E-state index is 12.8. The van der Waals surface area contributed by atoms with Gasteiger partial charge in [0.2, 0.25) is 5.91 Å². The summed E-state index contributed by atoms with van der Waals surface area (Å²) in [7, 11) is 1.85. The van der Waals surface area contributed by atoms with Crippen molar-refractivity contribution >= 4 is 17.6 Å². The Balaban J connectivity index is 1.36. The van der Waals surface area contributed by atoms with E-state index >= 15 is 0 Å². The molecule has 0 atom stereocenters. The zero-order chi connectivity index (χ0) is 18.1. The number of piperidine rings is 2. The number of carbonyl (C=O) groups is 2. The second-order valence-corrected chi connectivity index (χ2v) is 8.38. The van der Waals surface area contributed by atoms with Crippen LogP contribution < -0.4 is 4.90 Å². The molecule has 1 aromatic carbocycles. The first-order valence-corrected chi connectivity index (χ1v) is 9.92. The van der Waals surface area contributed by atoms with Crippen LogP contribution in [0.3, 0.4) is 0 Å². The van der Waals surface area contributed by atoms with E-state index in [1.807, 2.05) is 42.3 Å². The van der Waals surface area contributed by atoms with E-state index in [2.05, 4.69) is 4.90 Å². The minimum Gasteiger partial charge on any atom is -0.342 e. The molecule has 26 heavy (non-hydrogen) atoms. The van der Waals surface area contributed by atoms with Crippen molar-refractivity contribution in [1.29, 1.82) is 0 Å². The van der Waals surface area contributed by atoms with Crippen molar-refractivity contribution in [2.24, 2.45) is 11.3 Å². The molecule has 0 unspecified atom stereocenters. The molecule has 5 heteroatoms. The number of benzene rings is 1. The third kappa shape index (κ3) is 3.57. The predicted molar refractivity (Wildman–Crippen MR) is 102 cm³/mol. The molecular weight excluding hydrogens is 326 g/mol. The molecule has 140 valence electrons. The summed E-state index contributed by atoms with van der Waals surface area (Å²) < 4.78 is 0. The standard InChI is InChI=1S/C21H29N3O2/c1-22(18-5-3-2-4-6-18)20(26)23-13-11-21(12-14-23)10-9-19(25)24(16-21)15-17-7-8-17/h2-6,17H,7-16H2,1H3. The first-order chi connectivity index (χ1) is 12.6. The molecule has 4 rings (SSSR count). The first kappa shape index (κ1) is 17.4. The summed E-state index contributed by atoms with van der Waals surface area (Å²) in [5, 5.41) is 0. The van der Waals surface area contributed by atoms with Crippen molar-refractivity contribution in [3.05, 3.63) is 30.3 Å². The van der Waals surface area contributed by atoms with Gasteiger partial charge in [-0.25, -0.2) is 4.79 Å². The van der Waals surface area contributed by atoms with Crippen LogP contribution in [0.5, 0.6) is 0 Å². The summed E-state index contributed by atoms with van der Waals surface area (Å²) >= 11 is 0. The number of hydrogen-bond donors (Lipinski definition) is 0. The molecule has 1 aromatic rings. The monoisotopic (exact) mass is 355 g/mol. The Morgan fingerprint density at radius 3 is 2.50 bits per heavy atom. The fraction of sp³-hybridized carbons (Fsp3) is 0.619. The average molecular weight is 355 g/mol. The molecule has 2 heterocycles. The number of nitrogens with zero attached hydrogens (tertiary/aromatic N) is 3. The van der Waals surface area contributed by atoms with Crippen LogP contribution in [0.2, 0.25) is 0 Å². The van der Waals surface area contributed by atoms with Crippen molar-refractivity contribution in [2.75, 3.05) is 38.1 Å². The van der Waals surface area contributed by atoms with Gasteiger partial charge in [-0.3, -0.25) is 9.69 Å². The van der Waals surface area contributed by atoms with Crippen molar-refractivity contribution in [1.82, 2.24) is 9.80 Å². The minimum absolute atomic E-state index is 0.0766. The van der Waals surface area contributed by atoms with Crippen LogP contribution in [-0.2, 0) is 4.79 Å². The number of anilines is 1. The molecule has 3 aliphatic rings. The lowest BCUT2D eigenvalue weighted by molar-refractivity contribution is -0.139. The van der Waals surface area contributed by atoms with Crippen molar-refractivity contribution in [3.8, 4) is 0 Å². The molecule has 3 fully saturated rings. The lowest BCUT2D eigenvalue weighted by atomic mass is 9.72. The Morgan fingerprint density at radius 1 is 1.15 bits per heavy atom. The topological polar surface area (TPSA) is 43.9 Å². The molecule has 5 nitrogen and oxygen atoms in total. The van der Waals surface area contributed by atoms with E-state index in [9.17, 15) is 9.59 Å². The third-order valence-corrected chi connectivity index (χ3v) is 6.45. The van der Waals surface area contributed by atoms with Gasteiger partial charge in [-0.2, -0.15) is 0 Å². The van der Waals surface area contributed by atoms with Gasteiger partial charge < -0.3 is 9.80 Å². The summed E-state index contributed by atoms with van der Waals surface area (Å²) in [5.74, 6) is 1.08. The second-order valence-electron chi connectivity index (χ2n) is 8.38. The van der Waals surface area contributed by atoms with Crippen molar-refractivity contribution in [3.63, 3.8) is 0 Å². The van der Waals surface area contributed by atoms with Gasteiger partial charge in [0.25, 0.3) is 0 Å². The van der Waals surface area contributed by atoms with E-state index < -0.39 is 0 Å². The summed E-state index contributed by atoms with van der Waals surface area (Å²) in [4.78, 5) is 30.9. The number of carbonyl (C=O) groups excluding carboxylic acids is 2. The van der Waals surface area contributed by atoms with Gasteiger partial charge in [-0.15, -0.1) is 0 Å². The quantitative estimate of drug-likeness (QED) is 0.834. The number of rotatable bonds is 3. The zero-order valence-electron chi connectivity index (χ0n) is 15.7. The largest absolute Gasteiger partial charge is 0.342 e. The maximum Gasteiger partial charge on any atom is 0.324 e. The summed E-state index contributed by atoms with van der Waals surface area (Å²) in [5.41, 5.74) is 1.15. The zero-order valence-corrected chi connectivity index (χ0v) is 15.7. The molecule has 1 saturated carbocycles. The van der Waals surface area contributed by atoms with Crippen molar-refractivity contribution in [2.45, 2.75) is 38.5 Å². The van der Waals surface area contributed by atoms with Gasteiger partial charge in [-0.05, 0) is 55.6 Å². The highest BCUT2D eigenvalue weighted by Gasteiger charge is 2.43. The van der Waals surface area contributed by atoms with Crippen LogP contribution in [0, 0.1) is 11.3 Å². The van der Waals surface area contributed by atoms with E-state index in [1.54, 1.807) is 4.90 Å². The Morgan fingerprint density at radius 2 is 1.85 bits per heavy atom. The molecule has 1 aliphatic carbocycles. The molecule has 2 saturated heterocycles. The molecular formula is C21H29N3O2. The van der Waals surface area contributed by atoms with Gasteiger partial charge in [0.05, 0.1) is 0 Å². The van der Waals surface area contributed by atoms with E-state index in [-0.39, 0.29) is 11.4 Å². The van der Waals surface area contributed by atoms with Gasteiger partial charge in [0.15, 0.2) is 0 Å². The number of amides is 3. The normalized spacial score (nSPS) is 22.6. The third-order valence-electron chi connectivity index (χ3n) is 6.45. The maximum atomic E-state index is 12.8. The summed E-state index contributed by atoms with van der Waals surface area (Å²) in [6.07, 6.45) is 6.26. The highest BCUT2D eigenvalue weighted by Crippen LogP contribution is 2.42. The van der Waals surface area contributed by atoms with E-state index in [0.29, 0.717) is 12.3 Å².